The van der Waals surface area contributed by atoms with Gasteiger partial charge in [-0.15, -0.1) is 0 Å². The maximum Gasteiger partial charge on any atom is 0.331 e. The number of furan rings is 1. The quantitative estimate of drug-likeness (QED) is 0.543. The molecule has 0 atom stereocenters. The Labute approximate surface area is 172 Å². The largest absolute Gasteiger partial charge is 0.459 e. The van der Waals surface area contributed by atoms with Gasteiger partial charge in [0.1, 0.15) is 0 Å². The molecule has 0 bridgehead atoms. The Bertz CT molecular complexity index is 960. The van der Waals surface area contributed by atoms with E-state index >= 15 is 0 Å². The van der Waals surface area contributed by atoms with E-state index in [9.17, 15) is 14.4 Å². The van der Waals surface area contributed by atoms with E-state index in [1.165, 1.54) is 12.3 Å². The highest BCUT2D eigenvalue weighted by Gasteiger charge is 2.26. The average molecular weight is 412 g/mol. The van der Waals surface area contributed by atoms with Crippen LogP contribution in [0, 0.1) is 0 Å². The summed E-state index contributed by atoms with van der Waals surface area (Å²) < 4.78 is 20.7. The predicted molar refractivity (Wildman–Crippen MR) is 104 cm³/mol. The van der Waals surface area contributed by atoms with E-state index in [1.54, 1.807) is 46.2 Å². The molecule has 2 aliphatic rings. The van der Waals surface area contributed by atoms with Crippen LogP contribution in [-0.2, 0) is 14.3 Å². The van der Waals surface area contributed by atoms with Crippen molar-refractivity contribution in [3.8, 4) is 11.5 Å². The molecular formula is C21H20N2O7. The topological polar surface area (TPSA) is 98.5 Å². The zero-order valence-corrected chi connectivity index (χ0v) is 16.1. The van der Waals surface area contributed by atoms with Crippen molar-refractivity contribution in [2.45, 2.75) is 0 Å². The molecule has 3 heterocycles. The Morgan fingerprint density at radius 2 is 1.77 bits per heavy atom. The fourth-order valence-electron chi connectivity index (χ4n) is 3.17. The first-order valence-corrected chi connectivity index (χ1v) is 9.45. The predicted octanol–water partition coefficient (Wildman–Crippen LogP) is 1.55. The molecule has 156 valence electrons. The standard InChI is InChI=1S/C21H20N2O7/c24-19(22-7-9-23(10-8-22)21(26)17-2-1-11-27-17)13-28-20(25)6-4-15-3-5-16-18(12-15)30-14-29-16/h1-6,11-12H,7-10,13-14H2/b6-4+. The lowest BCUT2D eigenvalue weighted by Gasteiger charge is -2.34. The number of hydrogen-bond acceptors (Lipinski definition) is 7. The highest BCUT2D eigenvalue weighted by molar-refractivity contribution is 5.92. The van der Waals surface area contributed by atoms with Crippen LogP contribution in [0.15, 0.2) is 47.1 Å². The van der Waals surface area contributed by atoms with Crippen LogP contribution in [0.5, 0.6) is 11.5 Å². The number of esters is 1. The Hall–Kier alpha value is -3.75. The van der Waals surface area contributed by atoms with E-state index in [0.717, 1.165) is 5.56 Å². The molecule has 9 heteroatoms. The number of rotatable bonds is 5. The van der Waals surface area contributed by atoms with E-state index in [-0.39, 0.29) is 31.0 Å². The summed E-state index contributed by atoms with van der Waals surface area (Å²) in [5, 5.41) is 0. The van der Waals surface area contributed by atoms with Crippen LogP contribution in [0.25, 0.3) is 6.08 Å². The van der Waals surface area contributed by atoms with Gasteiger partial charge < -0.3 is 28.4 Å². The fraction of sp³-hybridized carbons (Fsp3) is 0.286. The summed E-state index contributed by atoms with van der Waals surface area (Å²) in [7, 11) is 0. The molecule has 2 aliphatic heterocycles. The van der Waals surface area contributed by atoms with Crippen molar-refractivity contribution in [3.63, 3.8) is 0 Å². The van der Waals surface area contributed by atoms with Crippen molar-refractivity contribution in [3.05, 3.63) is 54.0 Å². The van der Waals surface area contributed by atoms with Gasteiger partial charge in [0.25, 0.3) is 11.8 Å². The van der Waals surface area contributed by atoms with E-state index in [4.69, 9.17) is 18.6 Å². The third kappa shape index (κ3) is 4.45. The van der Waals surface area contributed by atoms with Crippen LogP contribution < -0.4 is 9.47 Å². The lowest BCUT2D eigenvalue weighted by atomic mass is 10.2. The van der Waals surface area contributed by atoms with E-state index in [2.05, 4.69) is 0 Å². The minimum atomic E-state index is -0.618. The number of nitrogens with zero attached hydrogens (tertiary/aromatic N) is 2. The number of ether oxygens (including phenoxy) is 3. The summed E-state index contributed by atoms with van der Waals surface area (Å²) in [6.45, 7) is 1.35. The van der Waals surface area contributed by atoms with Crippen molar-refractivity contribution in [2.75, 3.05) is 39.6 Å². The van der Waals surface area contributed by atoms with Gasteiger partial charge in [-0.3, -0.25) is 9.59 Å². The minimum Gasteiger partial charge on any atom is -0.459 e. The number of amides is 2. The zero-order chi connectivity index (χ0) is 20.9. The van der Waals surface area contributed by atoms with Crippen LogP contribution >= 0.6 is 0 Å². The molecular weight excluding hydrogens is 392 g/mol. The number of benzene rings is 1. The van der Waals surface area contributed by atoms with Crippen LogP contribution in [0.2, 0.25) is 0 Å². The first-order valence-electron chi connectivity index (χ1n) is 9.45. The van der Waals surface area contributed by atoms with Gasteiger partial charge >= 0.3 is 5.97 Å². The molecule has 1 fully saturated rings. The molecule has 0 spiro atoms. The van der Waals surface area contributed by atoms with Crippen LogP contribution in [0.3, 0.4) is 0 Å². The third-order valence-corrected chi connectivity index (χ3v) is 4.80. The zero-order valence-electron chi connectivity index (χ0n) is 16.1. The Kier molecular flexibility index (Phi) is 5.69. The monoisotopic (exact) mass is 412 g/mol. The molecule has 2 amide bonds. The second-order valence-electron chi connectivity index (χ2n) is 6.70. The second-order valence-corrected chi connectivity index (χ2v) is 6.70. The molecule has 0 radical (unpaired) electrons. The third-order valence-electron chi connectivity index (χ3n) is 4.80. The maximum absolute atomic E-state index is 12.3. The number of fused-ring (bicyclic) bond motifs is 1. The fourth-order valence-corrected chi connectivity index (χ4v) is 3.17. The molecule has 30 heavy (non-hydrogen) atoms. The molecule has 0 N–H and O–H groups in total. The molecule has 1 aromatic carbocycles. The van der Waals surface area contributed by atoms with Gasteiger partial charge in [0.2, 0.25) is 6.79 Å². The molecule has 2 aromatic rings. The second kappa shape index (κ2) is 8.73. The van der Waals surface area contributed by atoms with Crippen molar-refractivity contribution >= 4 is 23.9 Å². The normalized spacial score (nSPS) is 15.5. The van der Waals surface area contributed by atoms with Crippen LogP contribution in [-0.4, -0.2) is 67.2 Å². The summed E-state index contributed by atoms with van der Waals surface area (Å²) in [4.78, 5) is 39.6. The lowest BCUT2D eigenvalue weighted by Crippen LogP contribution is -2.51. The highest BCUT2D eigenvalue weighted by Crippen LogP contribution is 2.32. The first-order chi connectivity index (χ1) is 14.6. The Morgan fingerprint density at radius 3 is 2.53 bits per heavy atom. The van der Waals surface area contributed by atoms with Gasteiger partial charge in [-0.05, 0) is 35.9 Å². The molecule has 0 unspecified atom stereocenters. The summed E-state index contributed by atoms with van der Waals surface area (Å²) in [5.41, 5.74) is 0.750. The van der Waals surface area contributed by atoms with E-state index in [0.29, 0.717) is 37.7 Å². The van der Waals surface area contributed by atoms with Crippen molar-refractivity contribution in [2.24, 2.45) is 0 Å². The summed E-state index contributed by atoms with van der Waals surface area (Å²) in [6, 6.07) is 8.55. The Morgan fingerprint density at radius 1 is 1.00 bits per heavy atom. The summed E-state index contributed by atoms with van der Waals surface area (Å²) in [6.07, 6.45) is 4.28. The summed E-state index contributed by atoms with van der Waals surface area (Å²) in [5.74, 6) is 0.430. The average Bonchev–Trinajstić information content (AvgIpc) is 3.47. The number of hydrogen-bond donors (Lipinski definition) is 0. The van der Waals surface area contributed by atoms with Crippen LogP contribution in [0.1, 0.15) is 16.1 Å². The molecule has 0 saturated carbocycles. The van der Waals surface area contributed by atoms with Gasteiger partial charge in [0, 0.05) is 32.3 Å². The maximum atomic E-state index is 12.3. The van der Waals surface area contributed by atoms with Gasteiger partial charge in [-0.1, -0.05) is 6.07 Å². The highest BCUT2D eigenvalue weighted by atomic mass is 16.7. The van der Waals surface area contributed by atoms with Gasteiger partial charge in [0.05, 0.1) is 6.26 Å². The van der Waals surface area contributed by atoms with Crippen molar-refractivity contribution < 1.29 is 33.0 Å². The van der Waals surface area contributed by atoms with Crippen molar-refractivity contribution in [1.82, 2.24) is 9.80 Å². The number of carbonyl (C=O) groups is 3. The lowest BCUT2D eigenvalue weighted by molar-refractivity contribution is -0.148. The van der Waals surface area contributed by atoms with Gasteiger partial charge in [-0.2, -0.15) is 0 Å². The molecule has 9 nitrogen and oxygen atoms in total. The van der Waals surface area contributed by atoms with Crippen molar-refractivity contribution in [1.29, 1.82) is 0 Å². The van der Waals surface area contributed by atoms with E-state index in [1.807, 2.05) is 0 Å². The summed E-state index contributed by atoms with van der Waals surface area (Å²) >= 11 is 0. The molecule has 0 aliphatic carbocycles. The number of carbonyl (C=O) groups excluding carboxylic acids is 3. The molecule has 1 saturated heterocycles. The number of piperazine rings is 1. The minimum absolute atomic E-state index is 0.178. The first kappa shape index (κ1) is 19.6. The van der Waals surface area contributed by atoms with E-state index < -0.39 is 5.97 Å². The molecule has 4 rings (SSSR count). The van der Waals surface area contributed by atoms with Gasteiger partial charge in [0.15, 0.2) is 23.9 Å². The SMILES string of the molecule is O=C(/C=C/c1ccc2c(c1)OCO2)OCC(=O)N1CCN(C(=O)c2ccco2)CC1. The van der Waals surface area contributed by atoms with Crippen LogP contribution in [0.4, 0.5) is 0 Å². The smallest absolute Gasteiger partial charge is 0.331 e. The molecule has 1 aromatic heterocycles. The van der Waals surface area contributed by atoms with Gasteiger partial charge in [-0.25, -0.2) is 4.79 Å². The Balaban J connectivity index is 1.21.